The summed E-state index contributed by atoms with van der Waals surface area (Å²) in [4.78, 5) is 34.9. The van der Waals surface area contributed by atoms with Crippen LogP contribution in [0.5, 0.6) is 0 Å². The summed E-state index contributed by atoms with van der Waals surface area (Å²) in [6, 6.07) is -0.713. The van der Waals surface area contributed by atoms with Crippen LogP contribution in [0.4, 0.5) is 4.79 Å². The fraction of sp³-hybridized carbons (Fsp3) is 0.545. The number of carboxylic acids is 1. The molecule has 2 amide bonds. The molecule has 0 aromatic heterocycles. The number of nitrogens with one attached hydrogen (secondary N) is 1. The molecule has 7 nitrogen and oxygen atoms in total. The molecule has 100 valence electrons. The largest absolute Gasteiger partial charge is 0.480 e. The number of carbonyl (C=O) groups excluding carboxylic acids is 2. The van der Waals surface area contributed by atoms with Gasteiger partial charge < -0.3 is 20.1 Å². The first-order valence-electron chi connectivity index (χ1n) is 5.59. The molecule has 18 heavy (non-hydrogen) atoms. The first kappa shape index (κ1) is 14.0. The first-order valence-corrected chi connectivity index (χ1v) is 5.59. The second-order valence-corrected chi connectivity index (χ2v) is 3.88. The van der Waals surface area contributed by atoms with Crippen molar-refractivity contribution in [1.29, 1.82) is 0 Å². The van der Waals surface area contributed by atoms with Crippen molar-refractivity contribution in [3.05, 3.63) is 12.7 Å². The van der Waals surface area contributed by atoms with Crippen molar-refractivity contribution in [3.63, 3.8) is 0 Å². The van der Waals surface area contributed by atoms with Crippen LogP contribution >= 0.6 is 0 Å². The highest BCUT2D eigenvalue weighted by molar-refractivity contribution is 5.88. The van der Waals surface area contributed by atoms with Crippen LogP contribution in [0.2, 0.25) is 0 Å². The molecule has 1 atom stereocenters. The minimum Gasteiger partial charge on any atom is -0.480 e. The number of aliphatic carboxylic acids is 1. The summed E-state index contributed by atoms with van der Waals surface area (Å²) in [6.07, 6.45) is 1.84. The van der Waals surface area contributed by atoms with E-state index in [0.29, 0.717) is 19.4 Å². The number of carbonyl (C=O) groups is 3. The topological polar surface area (TPSA) is 95.9 Å². The number of rotatable bonds is 5. The van der Waals surface area contributed by atoms with Gasteiger partial charge in [-0.05, 0) is 12.8 Å². The number of carboxylic acid groups (broad SMARTS) is 1. The Hall–Kier alpha value is -2.05. The third kappa shape index (κ3) is 4.08. The predicted octanol–water partition coefficient (Wildman–Crippen LogP) is -0.0258. The Bertz CT molecular complexity index is 355. The van der Waals surface area contributed by atoms with E-state index >= 15 is 0 Å². The van der Waals surface area contributed by atoms with Crippen molar-refractivity contribution in [2.24, 2.45) is 0 Å². The molecular formula is C11H16N2O5. The molecule has 1 rings (SSSR count). The van der Waals surface area contributed by atoms with E-state index in [-0.39, 0.29) is 19.1 Å². The Kier molecular flexibility index (Phi) is 5.16. The highest BCUT2D eigenvalue weighted by Gasteiger charge is 2.31. The van der Waals surface area contributed by atoms with Gasteiger partial charge in [0.25, 0.3) is 0 Å². The molecule has 1 unspecified atom stereocenters. The maximum absolute atomic E-state index is 11.8. The molecule has 2 N–H and O–H groups in total. The van der Waals surface area contributed by atoms with Gasteiger partial charge in [0.15, 0.2) is 0 Å². The van der Waals surface area contributed by atoms with Crippen molar-refractivity contribution in [2.45, 2.75) is 18.9 Å². The zero-order valence-electron chi connectivity index (χ0n) is 9.92. The van der Waals surface area contributed by atoms with E-state index in [1.165, 1.54) is 11.0 Å². The lowest BCUT2D eigenvalue weighted by Gasteiger charge is -2.31. The molecular weight excluding hydrogens is 240 g/mol. The molecule has 1 fully saturated rings. The van der Waals surface area contributed by atoms with Crippen LogP contribution in [0.3, 0.4) is 0 Å². The van der Waals surface area contributed by atoms with Crippen LogP contribution in [0.15, 0.2) is 12.7 Å². The number of likely N-dealkylation sites (tertiary alicyclic amines) is 1. The van der Waals surface area contributed by atoms with Crippen LogP contribution in [0.25, 0.3) is 0 Å². The molecule has 0 saturated carbocycles. The van der Waals surface area contributed by atoms with Gasteiger partial charge >= 0.3 is 12.1 Å². The Labute approximate surface area is 104 Å². The van der Waals surface area contributed by atoms with E-state index in [1.807, 2.05) is 0 Å². The summed E-state index contributed by atoms with van der Waals surface area (Å²) in [5, 5.41) is 11.1. The molecule has 7 heteroatoms. The van der Waals surface area contributed by atoms with Gasteiger partial charge in [0.2, 0.25) is 5.91 Å². The SMILES string of the molecule is C=CCOC(=O)NC1CCCN(CC(=O)O)C1=O. The van der Waals surface area contributed by atoms with Crippen LogP contribution in [-0.2, 0) is 14.3 Å². The van der Waals surface area contributed by atoms with Gasteiger partial charge in [-0.15, -0.1) is 0 Å². The Morgan fingerprint density at radius 1 is 1.61 bits per heavy atom. The van der Waals surface area contributed by atoms with Crippen LogP contribution in [0.1, 0.15) is 12.8 Å². The first-order chi connectivity index (χ1) is 8.54. The standard InChI is InChI=1S/C11H16N2O5/c1-2-6-18-11(17)12-8-4-3-5-13(10(8)16)7-9(14)15/h2,8H,1,3-7H2,(H,12,17)(H,14,15). The van der Waals surface area contributed by atoms with Crippen molar-refractivity contribution >= 4 is 18.0 Å². The van der Waals surface area contributed by atoms with Crippen LogP contribution in [-0.4, -0.2) is 53.7 Å². The number of amides is 2. The Balaban J connectivity index is 2.50. The summed E-state index contributed by atoms with van der Waals surface area (Å²) in [7, 11) is 0. The lowest BCUT2D eigenvalue weighted by Crippen LogP contribution is -2.53. The molecule has 0 radical (unpaired) electrons. The third-order valence-electron chi connectivity index (χ3n) is 2.48. The fourth-order valence-corrected chi connectivity index (χ4v) is 1.71. The minimum atomic E-state index is -1.07. The summed E-state index contributed by atoms with van der Waals surface area (Å²) < 4.78 is 4.70. The normalized spacial score (nSPS) is 19.2. The van der Waals surface area contributed by atoms with Gasteiger partial charge in [0, 0.05) is 6.54 Å². The summed E-state index contributed by atoms with van der Waals surface area (Å²) in [6.45, 7) is 3.50. The van der Waals surface area contributed by atoms with Gasteiger partial charge in [-0.3, -0.25) is 9.59 Å². The van der Waals surface area contributed by atoms with E-state index in [0.717, 1.165) is 0 Å². The van der Waals surface area contributed by atoms with Crippen molar-refractivity contribution in [3.8, 4) is 0 Å². The fourth-order valence-electron chi connectivity index (χ4n) is 1.71. The summed E-state index contributed by atoms with van der Waals surface area (Å²) in [5.74, 6) is -1.46. The minimum absolute atomic E-state index is 0.0611. The summed E-state index contributed by atoms with van der Waals surface area (Å²) >= 11 is 0. The predicted molar refractivity (Wildman–Crippen MR) is 61.9 cm³/mol. The van der Waals surface area contributed by atoms with Crippen LogP contribution in [0, 0.1) is 0 Å². The van der Waals surface area contributed by atoms with Gasteiger partial charge in [-0.1, -0.05) is 12.7 Å². The second kappa shape index (κ2) is 6.63. The zero-order chi connectivity index (χ0) is 13.5. The van der Waals surface area contributed by atoms with E-state index in [9.17, 15) is 14.4 Å². The molecule has 1 heterocycles. The third-order valence-corrected chi connectivity index (χ3v) is 2.48. The number of piperidine rings is 1. The quantitative estimate of drug-likeness (QED) is 0.674. The van der Waals surface area contributed by atoms with Crippen molar-refractivity contribution in [2.75, 3.05) is 19.7 Å². The number of ether oxygens (including phenoxy) is 1. The molecule has 0 spiro atoms. The number of nitrogens with zero attached hydrogens (tertiary/aromatic N) is 1. The maximum Gasteiger partial charge on any atom is 0.408 e. The highest BCUT2D eigenvalue weighted by atomic mass is 16.5. The van der Waals surface area contributed by atoms with Crippen molar-refractivity contribution < 1.29 is 24.2 Å². The number of alkyl carbamates (subject to hydrolysis) is 1. The Morgan fingerprint density at radius 3 is 2.94 bits per heavy atom. The lowest BCUT2D eigenvalue weighted by molar-refractivity contribution is -0.146. The summed E-state index contributed by atoms with van der Waals surface area (Å²) in [5.41, 5.74) is 0. The molecule has 0 aromatic carbocycles. The molecule has 0 aliphatic carbocycles. The lowest BCUT2D eigenvalue weighted by atomic mass is 10.1. The van der Waals surface area contributed by atoms with Gasteiger partial charge in [0.1, 0.15) is 19.2 Å². The average molecular weight is 256 g/mol. The molecule has 1 saturated heterocycles. The van der Waals surface area contributed by atoms with Gasteiger partial charge in [-0.2, -0.15) is 0 Å². The zero-order valence-corrected chi connectivity index (χ0v) is 9.92. The average Bonchev–Trinajstić information content (AvgIpc) is 2.31. The van der Waals surface area contributed by atoms with Crippen LogP contribution < -0.4 is 5.32 Å². The maximum atomic E-state index is 11.8. The Morgan fingerprint density at radius 2 is 2.33 bits per heavy atom. The molecule has 1 aliphatic heterocycles. The molecule has 0 bridgehead atoms. The van der Waals surface area contributed by atoms with E-state index in [2.05, 4.69) is 11.9 Å². The van der Waals surface area contributed by atoms with E-state index in [4.69, 9.17) is 9.84 Å². The molecule has 0 aromatic rings. The smallest absolute Gasteiger partial charge is 0.408 e. The van der Waals surface area contributed by atoms with E-state index in [1.54, 1.807) is 0 Å². The highest BCUT2D eigenvalue weighted by Crippen LogP contribution is 2.11. The second-order valence-electron chi connectivity index (χ2n) is 3.88. The number of hydrogen-bond acceptors (Lipinski definition) is 4. The van der Waals surface area contributed by atoms with Crippen molar-refractivity contribution in [1.82, 2.24) is 10.2 Å². The monoisotopic (exact) mass is 256 g/mol. The molecule has 1 aliphatic rings. The van der Waals surface area contributed by atoms with Gasteiger partial charge in [-0.25, -0.2) is 4.79 Å². The van der Waals surface area contributed by atoms with E-state index < -0.39 is 18.1 Å². The van der Waals surface area contributed by atoms with Gasteiger partial charge in [0.05, 0.1) is 0 Å². The number of hydrogen-bond donors (Lipinski definition) is 2.